The van der Waals surface area contributed by atoms with Gasteiger partial charge in [0.15, 0.2) is 11.3 Å². The van der Waals surface area contributed by atoms with E-state index in [1.807, 2.05) is 6.92 Å². The average molecular weight is 338 g/mol. The SMILES string of the molecule is CCOCCCNC(=O)c1cc2nc(C3CC3)cc(C(F)F)n2n1. The summed E-state index contributed by atoms with van der Waals surface area (Å²) in [4.78, 5) is 16.5. The normalized spacial score (nSPS) is 14.5. The van der Waals surface area contributed by atoms with Gasteiger partial charge in [-0.15, -0.1) is 0 Å². The zero-order valence-electron chi connectivity index (χ0n) is 13.5. The second kappa shape index (κ2) is 7.21. The predicted octanol–water partition coefficient (Wildman–Crippen LogP) is 2.70. The number of amides is 1. The molecule has 0 spiro atoms. The van der Waals surface area contributed by atoms with E-state index >= 15 is 0 Å². The minimum atomic E-state index is -2.67. The molecule has 0 bridgehead atoms. The summed E-state index contributed by atoms with van der Waals surface area (Å²) in [5, 5.41) is 6.71. The summed E-state index contributed by atoms with van der Waals surface area (Å²) < 4.78 is 32.8. The Balaban J connectivity index is 1.77. The van der Waals surface area contributed by atoms with Crippen molar-refractivity contribution in [2.75, 3.05) is 19.8 Å². The highest BCUT2D eigenvalue weighted by molar-refractivity contribution is 5.93. The standard InChI is InChI=1S/C16H20F2N4O2/c1-2-24-7-3-6-19-16(23)12-9-14-20-11(10-4-5-10)8-13(15(17)18)22(14)21-12/h8-10,15H,2-7H2,1H3,(H,19,23). The van der Waals surface area contributed by atoms with Crippen molar-refractivity contribution in [3.05, 3.63) is 29.2 Å². The number of hydrogen-bond acceptors (Lipinski definition) is 4. The quantitative estimate of drug-likeness (QED) is 0.752. The first-order chi connectivity index (χ1) is 11.6. The first kappa shape index (κ1) is 16.8. The number of alkyl halides is 2. The van der Waals surface area contributed by atoms with Gasteiger partial charge in [0.05, 0.1) is 0 Å². The number of rotatable bonds is 8. The van der Waals surface area contributed by atoms with Gasteiger partial charge in [0.1, 0.15) is 5.69 Å². The second-order valence-electron chi connectivity index (χ2n) is 5.79. The summed E-state index contributed by atoms with van der Waals surface area (Å²) in [6.45, 7) is 3.53. The molecule has 2 aromatic heterocycles. The molecule has 1 saturated carbocycles. The van der Waals surface area contributed by atoms with Crippen LogP contribution in [0.15, 0.2) is 12.1 Å². The molecule has 1 fully saturated rings. The van der Waals surface area contributed by atoms with Crippen LogP contribution >= 0.6 is 0 Å². The molecule has 1 aliphatic rings. The zero-order chi connectivity index (χ0) is 17.1. The van der Waals surface area contributed by atoms with Gasteiger partial charge in [-0.2, -0.15) is 5.10 Å². The van der Waals surface area contributed by atoms with E-state index < -0.39 is 12.3 Å². The fraction of sp³-hybridized carbons (Fsp3) is 0.562. The maximum Gasteiger partial charge on any atom is 0.280 e. The molecule has 1 amide bonds. The molecule has 2 aromatic rings. The van der Waals surface area contributed by atoms with Crippen LogP contribution in [-0.2, 0) is 4.74 Å². The molecule has 0 unspecified atom stereocenters. The monoisotopic (exact) mass is 338 g/mol. The highest BCUT2D eigenvalue weighted by Gasteiger charge is 2.28. The number of carbonyl (C=O) groups excluding carboxylic acids is 1. The van der Waals surface area contributed by atoms with Crippen molar-refractivity contribution < 1.29 is 18.3 Å². The Kier molecular flexibility index (Phi) is 5.03. The number of nitrogens with one attached hydrogen (secondary N) is 1. The highest BCUT2D eigenvalue weighted by Crippen LogP contribution is 2.40. The molecular weight excluding hydrogens is 318 g/mol. The molecule has 130 valence electrons. The van der Waals surface area contributed by atoms with Crippen molar-refractivity contribution >= 4 is 11.6 Å². The van der Waals surface area contributed by atoms with E-state index in [1.54, 1.807) is 0 Å². The van der Waals surface area contributed by atoms with Crippen molar-refractivity contribution in [3.8, 4) is 0 Å². The lowest BCUT2D eigenvalue weighted by atomic mass is 10.2. The van der Waals surface area contributed by atoms with Gasteiger partial charge >= 0.3 is 0 Å². The maximum absolute atomic E-state index is 13.3. The third kappa shape index (κ3) is 3.69. The van der Waals surface area contributed by atoms with Crippen LogP contribution in [0.25, 0.3) is 5.65 Å². The molecule has 0 aliphatic heterocycles. The van der Waals surface area contributed by atoms with Crippen LogP contribution < -0.4 is 5.32 Å². The van der Waals surface area contributed by atoms with Crippen molar-refractivity contribution in [1.82, 2.24) is 19.9 Å². The van der Waals surface area contributed by atoms with Gasteiger partial charge in [0, 0.05) is 37.4 Å². The molecule has 2 heterocycles. The lowest BCUT2D eigenvalue weighted by Gasteiger charge is -2.06. The number of hydrogen-bond donors (Lipinski definition) is 1. The van der Waals surface area contributed by atoms with Gasteiger partial charge in [-0.05, 0) is 32.3 Å². The number of aromatic nitrogens is 3. The van der Waals surface area contributed by atoms with Gasteiger partial charge in [0.25, 0.3) is 12.3 Å². The third-order valence-corrected chi connectivity index (χ3v) is 3.88. The van der Waals surface area contributed by atoms with Crippen LogP contribution in [-0.4, -0.2) is 40.3 Å². The molecule has 0 atom stereocenters. The van der Waals surface area contributed by atoms with E-state index in [-0.39, 0.29) is 23.0 Å². The third-order valence-electron chi connectivity index (χ3n) is 3.88. The lowest BCUT2D eigenvalue weighted by Crippen LogP contribution is -2.25. The Labute approximate surface area is 138 Å². The maximum atomic E-state index is 13.3. The minimum Gasteiger partial charge on any atom is -0.382 e. The number of fused-ring (bicyclic) bond motifs is 1. The van der Waals surface area contributed by atoms with Crippen LogP contribution in [0.5, 0.6) is 0 Å². The summed E-state index contributed by atoms with van der Waals surface area (Å²) >= 11 is 0. The summed E-state index contributed by atoms with van der Waals surface area (Å²) in [5.74, 6) is -0.150. The van der Waals surface area contributed by atoms with Gasteiger partial charge in [-0.1, -0.05) is 0 Å². The topological polar surface area (TPSA) is 68.5 Å². The Morgan fingerprint density at radius 1 is 1.46 bits per heavy atom. The first-order valence-corrected chi connectivity index (χ1v) is 8.15. The van der Waals surface area contributed by atoms with Gasteiger partial charge < -0.3 is 10.1 Å². The summed E-state index contributed by atoms with van der Waals surface area (Å²) in [7, 11) is 0. The fourth-order valence-electron chi connectivity index (χ4n) is 2.48. The smallest absolute Gasteiger partial charge is 0.280 e. The Morgan fingerprint density at radius 3 is 2.92 bits per heavy atom. The number of nitrogens with zero attached hydrogens (tertiary/aromatic N) is 3. The molecule has 0 aromatic carbocycles. The van der Waals surface area contributed by atoms with Crippen molar-refractivity contribution in [3.63, 3.8) is 0 Å². The van der Waals surface area contributed by atoms with Gasteiger partial charge in [-0.25, -0.2) is 18.3 Å². The summed E-state index contributed by atoms with van der Waals surface area (Å²) in [6, 6.07) is 2.85. The van der Waals surface area contributed by atoms with Crippen LogP contribution in [0, 0.1) is 0 Å². The van der Waals surface area contributed by atoms with Crippen LogP contribution in [0.2, 0.25) is 0 Å². The van der Waals surface area contributed by atoms with Crippen molar-refractivity contribution in [2.45, 2.75) is 38.5 Å². The molecule has 0 saturated heterocycles. The van der Waals surface area contributed by atoms with Gasteiger partial charge in [0.2, 0.25) is 0 Å². The van der Waals surface area contributed by atoms with E-state index in [2.05, 4.69) is 15.4 Å². The molecule has 3 rings (SSSR count). The van der Waals surface area contributed by atoms with Crippen molar-refractivity contribution in [2.24, 2.45) is 0 Å². The second-order valence-corrected chi connectivity index (χ2v) is 5.79. The molecule has 0 radical (unpaired) electrons. The van der Waals surface area contributed by atoms with Gasteiger partial charge in [-0.3, -0.25) is 4.79 Å². The van der Waals surface area contributed by atoms with Crippen molar-refractivity contribution in [1.29, 1.82) is 0 Å². The molecule has 1 N–H and O–H groups in total. The largest absolute Gasteiger partial charge is 0.382 e. The average Bonchev–Trinajstić information content (AvgIpc) is 3.32. The Hall–Kier alpha value is -2.09. The molecule has 8 heteroatoms. The molecule has 24 heavy (non-hydrogen) atoms. The van der Waals surface area contributed by atoms with Crippen LogP contribution in [0.1, 0.15) is 60.4 Å². The van der Waals surface area contributed by atoms with E-state index in [4.69, 9.17) is 4.74 Å². The van der Waals surface area contributed by atoms with E-state index in [1.165, 1.54) is 12.1 Å². The van der Waals surface area contributed by atoms with Crippen LogP contribution in [0.4, 0.5) is 8.78 Å². The number of carbonyl (C=O) groups is 1. The fourth-order valence-corrected chi connectivity index (χ4v) is 2.48. The lowest BCUT2D eigenvalue weighted by molar-refractivity contribution is 0.0938. The highest BCUT2D eigenvalue weighted by atomic mass is 19.3. The molecule has 1 aliphatic carbocycles. The summed E-state index contributed by atoms with van der Waals surface area (Å²) in [5.41, 5.74) is 0.807. The van der Waals surface area contributed by atoms with Crippen LogP contribution in [0.3, 0.4) is 0 Å². The predicted molar refractivity (Wildman–Crippen MR) is 83.4 cm³/mol. The van der Waals surface area contributed by atoms with E-state index in [0.29, 0.717) is 31.9 Å². The van der Waals surface area contributed by atoms with E-state index in [9.17, 15) is 13.6 Å². The Morgan fingerprint density at radius 2 is 2.25 bits per heavy atom. The molecule has 6 nitrogen and oxygen atoms in total. The number of halogens is 2. The first-order valence-electron chi connectivity index (χ1n) is 8.15. The summed E-state index contributed by atoms with van der Waals surface area (Å²) in [6.07, 6.45) is -0.0605. The zero-order valence-corrected chi connectivity index (χ0v) is 13.5. The van der Waals surface area contributed by atoms with E-state index in [0.717, 1.165) is 17.4 Å². The number of ether oxygens (including phenoxy) is 1. The Bertz CT molecular complexity index is 728. The minimum absolute atomic E-state index is 0.0914. The molecular formula is C16H20F2N4O2.